The molecular weight excluding hydrogens is 508 g/mol. The number of ether oxygens (including phenoxy) is 2. The lowest BCUT2D eigenvalue weighted by atomic mass is 10.0. The summed E-state index contributed by atoms with van der Waals surface area (Å²) in [5.41, 5.74) is -0.109. The molecule has 0 spiro atoms. The Morgan fingerprint density at radius 3 is 2.64 bits per heavy atom. The Kier molecular flexibility index (Phi) is 7.47. The molecule has 2 aliphatic heterocycles. The molecule has 1 fully saturated rings. The van der Waals surface area contributed by atoms with E-state index < -0.39 is 35.1 Å². The van der Waals surface area contributed by atoms with Crippen molar-refractivity contribution >= 4 is 11.8 Å². The SMILES string of the molecule is CC(C)C[C@@H]1CO[C@H]2Cn3cc(C(=O)NCc4ccc(F)cc4F)c(=O)c(OCc4ccccc4)c3C(=O)N12. The van der Waals surface area contributed by atoms with Gasteiger partial charge in [0.25, 0.3) is 11.8 Å². The lowest BCUT2D eigenvalue weighted by Gasteiger charge is -2.35. The summed E-state index contributed by atoms with van der Waals surface area (Å²) in [7, 11) is 0. The van der Waals surface area contributed by atoms with Gasteiger partial charge in [-0.2, -0.15) is 0 Å². The third kappa shape index (κ3) is 5.42. The first kappa shape index (κ1) is 26.6. The van der Waals surface area contributed by atoms with Crippen LogP contribution in [0.4, 0.5) is 8.78 Å². The fraction of sp³-hybridized carbons (Fsp3) is 0.345. The van der Waals surface area contributed by atoms with Crippen molar-refractivity contribution in [2.24, 2.45) is 5.92 Å². The zero-order valence-corrected chi connectivity index (χ0v) is 21.7. The van der Waals surface area contributed by atoms with Gasteiger partial charge in [0.15, 0.2) is 17.7 Å². The van der Waals surface area contributed by atoms with E-state index in [4.69, 9.17) is 9.47 Å². The number of carbonyl (C=O) groups excluding carboxylic acids is 2. The van der Waals surface area contributed by atoms with Gasteiger partial charge in [-0.1, -0.05) is 50.2 Å². The average molecular weight is 538 g/mol. The minimum Gasteiger partial charge on any atom is -0.483 e. The van der Waals surface area contributed by atoms with Crippen LogP contribution in [0.2, 0.25) is 0 Å². The number of carbonyl (C=O) groups is 2. The predicted molar refractivity (Wildman–Crippen MR) is 138 cm³/mol. The summed E-state index contributed by atoms with van der Waals surface area (Å²) in [4.78, 5) is 42.1. The van der Waals surface area contributed by atoms with Crippen LogP contribution >= 0.6 is 0 Å². The van der Waals surface area contributed by atoms with Crippen molar-refractivity contribution in [3.8, 4) is 5.75 Å². The fourth-order valence-electron chi connectivity index (χ4n) is 5.04. The quantitative estimate of drug-likeness (QED) is 0.472. The maximum absolute atomic E-state index is 14.1. The molecule has 204 valence electrons. The molecule has 8 nitrogen and oxygen atoms in total. The summed E-state index contributed by atoms with van der Waals surface area (Å²) in [6.45, 7) is 4.47. The normalized spacial score (nSPS) is 18.2. The van der Waals surface area contributed by atoms with Gasteiger partial charge >= 0.3 is 0 Å². The highest BCUT2D eigenvalue weighted by atomic mass is 19.1. The zero-order chi connectivity index (χ0) is 27.7. The molecule has 2 aliphatic rings. The summed E-state index contributed by atoms with van der Waals surface area (Å²) in [6.07, 6.45) is 1.52. The van der Waals surface area contributed by atoms with Crippen molar-refractivity contribution < 1.29 is 27.8 Å². The van der Waals surface area contributed by atoms with Crippen LogP contribution in [-0.4, -0.2) is 40.2 Å². The molecule has 0 saturated carbocycles. The first-order chi connectivity index (χ1) is 18.7. The summed E-state index contributed by atoms with van der Waals surface area (Å²) < 4.78 is 40.7. The standard InChI is InChI=1S/C29H29F2N3O5/c1-17(2)10-21-16-38-24-14-33-13-22(28(36)32-12-19-8-9-20(30)11-23(19)31)26(35)27(25(33)29(37)34(21)24)39-15-18-6-4-3-5-7-18/h3-9,11,13,17,21,24H,10,12,14-16H2,1-2H3,(H,32,36)/t21-,24+/m1/s1. The van der Waals surface area contributed by atoms with Crippen molar-refractivity contribution in [3.63, 3.8) is 0 Å². The first-order valence-corrected chi connectivity index (χ1v) is 12.8. The van der Waals surface area contributed by atoms with Crippen LogP contribution < -0.4 is 15.5 Å². The minimum absolute atomic E-state index is 0.0115. The Morgan fingerprint density at radius 2 is 1.92 bits per heavy atom. The van der Waals surface area contributed by atoms with Gasteiger partial charge in [-0.05, 0) is 24.0 Å². The highest BCUT2D eigenvalue weighted by molar-refractivity contribution is 5.99. The lowest BCUT2D eigenvalue weighted by molar-refractivity contribution is 0.00497. The number of rotatable bonds is 8. The number of pyridine rings is 1. The second-order valence-electron chi connectivity index (χ2n) is 10.2. The van der Waals surface area contributed by atoms with E-state index in [1.165, 1.54) is 16.8 Å². The Labute approximate surface area is 224 Å². The summed E-state index contributed by atoms with van der Waals surface area (Å²) in [5.74, 6) is -2.61. The second kappa shape index (κ2) is 11.0. The third-order valence-corrected chi connectivity index (χ3v) is 6.88. The summed E-state index contributed by atoms with van der Waals surface area (Å²) in [6, 6.07) is 12.0. The van der Waals surface area contributed by atoms with Crippen molar-refractivity contribution in [3.05, 3.63) is 99.0 Å². The van der Waals surface area contributed by atoms with Gasteiger partial charge in [0.05, 0.1) is 19.2 Å². The van der Waals surface area contributed by atoms with Gasteiger partial charge in [-0.15, -0.1) is 0 Å². The molecule has 0 radical (unpaired) electrons. The zero-order valence-electron chi connectivity index (χ0n) is 21.7. The lowest BCUT2D eigenvalue weighted by Crippen LogP contribution is -2.50. The van der Waals surface area contributed by atoms with Crippen LogP contribution in [0.25, 0.3) is 0 Å². The molecule has 2 aromatic carbocycles. The van der Waals surface area contributed by atoms with Gasteiger partial charge in [0.2, 0.25) is 5.43 Å². The molecule has 2 amide bonds. The topological polar surface area (TPSA) is 89.9 Å². The van der Waals surface area contributed by atoms with Crippen molar-refractivity contribution in [1.29, 1.82) is 0 Å². The van der Waals surface area contributed by atoms with Crippen molar-refractivity contribution in [2.75, 3.05) is 6.61 Å². The smallest absolute Gasteiger partial charge is 0.276 e. The number of amides is 2. The average Bonchev–Trinajstić information content (AvgIpc) is 3.30. The van der Waals surface area contributed by atoms with Crippen LogP contribution in [0.3, 0.4) is 0 Å². The predicted octanol–water partition coefficient (Wildman–Crippen LogP) is 3.86. The molecule has 3 aromatic rings. The fourth-order valence-corrected chi connectivity index (χ4v) is 5.04. The van der Waals surface area contributed by atoms with E-state index in [0.29, 0.717) is 12.5 Å². The third-order valence-electron chi connectivity index (χ3n) is 6.88. The number of fused-ring (bicyclic) bond motifs is 2. The summed E-state index contributed by atoms with van der Waals surface area (Å²) in [5, 5.41) is 2.51. The van der Waals surface area contributed by atoms with E-state index in [1.54, 1.807) is 4.90 Å². The van der Waals surface area contributed by atoms with Gasteiger partial charge in [0.1, 0.15) is 23.8 Å². The highest BCUT2D eigenvalue weighted by Gasteiger charge is 2.45. The van der Waals surface area contributed by atoms with E-state index in [9.17, 15) is 23.2 Å². The van der Waals surface area contributed by atoms with E-state index in [0.717, 1.165) is 24.1 Å². The molecule has 1 saturated heterocycles. The molecule has 0 bridgehead atoms. The molecule has 2 atom stereocenters. The minimum atomic E-state index is -0.815. The van der Waals surface area contributed by atoms with E-state index >= 15 is 0 Å². The monoisotopic (exact) mass is 537 g/mol. The molecular formula is C29H29F2N3O5. The first-order valence-electron chi connectivity index (χ1n) is 12.8. The molecule has 1 N–H and O–H groups in total. The van der Waals surface area contributed by atoms with Gasteiger partial charge in [-0.25, -0.2) is 8.78 Å². The van der Waals surface area contributed by atoms with Crippen LogP contribution in [0, 0.1) is 17.6 Å². The molecule has 0 unspecified atom stereocenters. The van der Waals surface area contributed by atoms with Crippen LogP contribution in [0.15, 0.2) is 59.5 Å². The molecule has 10 heteroatoms. The van der Waals surface area contributed by atoms with Crippen LogP contribution in [0.1, 0.15) is 52.2 Å². The van der Waals surface area contributed by atoms with E-state index in [2.05, 4.69) is 19.2 Å². The van der Waals surface area contributed by atoms with Crippen LogP contribution in [0.5, 0.6) is 5.75 Å². The Balaban J connectivity index is 1.49. The Hall–Kier alpha value is -4.05. The number of benzene rings is 2. The molecule has 0 aliphatic carbocycles. The highest BCUT2D eigenvalue weighted by Crippen LogP contribution is 2.32. The van der Waals surface area contributed by atoms with Crippen molar-refractivity contribution in [2.45, 2.75) is 52.2 Å². The molecule has 39 heavy (non-hydrogen) atoms. The maximum Gasteiger partial charge on any atom is 0.276 e. The number of hydrogen-bond acceptors (Lipinski definition) is 5. The number of nitrogens with zero attached hydrogens (tertiary/aromatic N) is 2. The Bertz CT molecular complexity index is 1460. The van der Waals surface area contributed by atoms with E-state index in [-0.39, 0.29) is 48.3 Å². The van der Waals surface area contributed by atoms with Gasteiger partial charge < -0.3 is 24.3 Å². The van der Waals surface area contributed by atoms with Crippen molar-refractivity contribution in [1.82, 2.24) is 14.8 Å². The second-order valence-corrected chi connectivity index (χ2v) is 10.2. The number of hydrogen-bond donors (Lipinski definition) is 1. The Morgan fingerprint density at radius 1 is 1.15 bits per heavy atom. The summed E-state index contributed by atoms with van der Waals surface area (Å²) >= 11 is 0. The molecule has 1 aromatic heterocycles. The van der Waals surface area contributed by atoms with Gasteiger partial charge in [0, 0.05) is 24.4 Å². The maximum atomic E-state index is 14.1. The van der Waals surface area contributed by atoms with E-state index in [1.807, 2.05) is 30.3 Å². The largest absolute Gasteiger partial charge is 0.483 e. The van der Waals surface area contributed by atoms with Gasteiger partial charge in [-0.3, -0.25) is 14.4 Å². The molecule has 5 rings (SSSR count). The number of halogens is 2. The number of aromatic nitrogens is 1. The number of nitrogens with one attached hydrogen (secondary N) is 1. The van der Waals surface area contributed by atoms with Crippen LogP contribution in [-0.2, 0) is 24.4 Å². The molecule has 3 heterocycles.